The molecule has 2 aromatic heterocycles. The number of halogens is 2. The molecule has 7 nitrogen and oxygen atoms in total. The molecular weight excluding hydrogens is 553 g/mol. The third-order valence-corrected chi connectivity index (χ3v) is 7.47. The van der Waals surface area contributed by atoms with Gasteiger partial charge in [0.25, 0.3) is 5.91 Å². The van der Waals surface area contributed by atoms with Crippen molar-refractivity contribution in [1.29, 1.82) is 0 Å². The molecule has 3 aromatic carbocycles. The number of carbonyl (C=O) groups is 2. The Balaban J connectivity index is 1.56. The second-order valence-electron chi connectivity index (χ2n) is 8.68. The highest BCUT2D eigenvalue weighted by molar-refractivity contribution is 7.21. The highest BCUT2D eigenvalue weighted by Crippen LogP contribution is 2.42. The Morgan fingerprint density at radius 1 is 1.02 bits per heavy atom. The number of pyridine rings is 1. The lowest BCUT2D eigenvalue weighted by molar-refractivity contribution is 0.0533. The summed E-state index contributed by atoms with van der Waals surface area (Å²) in [7, 11) is 1.48. The maximum Gasteiger partial charge on any atom is 0.350 e. The average molecular weight is 576 g/mol. The number of esters is 1. The van der Waals surface area contributed by atoms with Crippen LogP contribution >= 0.6 is 22.9 Å². The van der Waals surface area contributed by atoms with Crippen molar-refractivity contribution in [2.75, 3.05) is 24.8 Å². The van der Waals surface area contributed by atoms with Crippen LogP contribution in [0.4, 0.5) is 15.8 Å². The molecule has 0 fully saturated rings. The van der Waals surface area contributed by atoms with E-state index in [9.17, 15) is 14.0 Å². The number of thiophene rings is 1. The normalized spacial score (nSPS) is 10.9. The van der Waals surface area contributed by atoms with Gasteiger partial charge in [0.05, 0.1) is 30.7 Å². The predicted molar refractivity (Wildman–Crippen MR) is 157 cm³/mol. The second kappa shape index (κ2) is 11.3. The van der Waals surface area contributed by atoms with Gasteiger partial charge in [0.1, 0.15) is 21.3 Å². The Kier molecular flexibility index (Phi) is 7.68. The first kappa shape index (κ1) is 27.1. The third kappa shape index (κ3) is 5.34. The number of nitrogens with two attached hydrogens (primary N) is 1. The van der Waals surface area contributed by atoms with Crippen molar-refractivity contribution >= 4 is 56.4 Å². The molecule has 10 heteroatoms. The molecule has 3 N–H and O–H groups in total. The second-order valence-corrected chi connectivity index (χ2v) is 10.1. The summed E-state index contributed by atoms with van der Waals surface area (Å²) in [5.74, 6) is -0.857. The van der Waals surface area contributed by atoms with Gasteiger partial charge in [-0.15, -0.1) is 11.3 Å². The number of aromatic nitrogens is 1. The van der Waals surface area contributed by atoms with E-state index < -0.39 is 5.97 Å². The standard InChI is InChI=1S/C30H23ClFN3O4S/c1-3-39-30(37)27-26(33)25-21(15-23(35-29(25)40-27)17-4-9-19(32)10-5-17)16-6-11-20(12-7-16)34-28(36)22-14-18(31)8-13-24(22)38-2/h4-15H,3,33H2,1-2H3,(H,34,36). The van der Waals surface area contributed by atoms with Crippen LogP contribution in [-0.2, 0) is 4.74 Å². The van der Waals surface area contributed by atoms with Crippen LogP contribution in [0.15, 0.2) is 72.8 Å². The smallest absolute Gasteiger partial charge is 0.350 e. The summed E-state index contributed by atoms with van der Waals surface area (Å²) < 4.78 is 24.1. The van der Waals surface area contributed by atoms with E-state index in [1.165, 1.54) is 25.3 Å². The molecule has 5 rings (SSSR count). The molecule has 0 bridgehead atoms. The minimum Gasteiger partial charge on any atom is -0.496 e. The number of benzene rings is 3. The average Bonchev–Trinajstić information content (AvgIpc) is 3.29. The van der Waals surface area contributed by atoms with Crippen molar-refractivity contribution < 1.29 is 23.5 Å². The molecule has 1 amide bonds. The van der Waals surface area contributed by atoms with Gasteiger partial charge in [-0.3, -0.25) is 4.79 Å². The molecule has 5 aromatic rings. The van der Waals surface area contributed by atoms with Crippen molar-refractivity contribution in [3.05, 3.63) is 94.1 Å². The van der Waals surface area contributed by atoms with Gasteiger partial charge < -0.3 is 20.5 Å². The lowest BCUT2D eigenvalue weighted by Crippen LogP contribution is -2.13. The molecule has 0 atom stereocenters. The first-order valence-electron chi connectivity index (χ1n) is 12.2. The van der Waals surface area contributed by atoms with Crippen LogP contribution in [0.25, 0.3) is 32.6 Å². The van der Waals surface area contributed by atoms with E-state index in [2.05, 4.69) is 5.32 Å². The van der Waals surface area contributed by atoms with Crippen LogP contribution in [0.5, 0.6) is 5.75 Å². The predicted octanol–water partition coefficient (Wildman–Crippen LogP) is 7.44. The summed E-state index contributed by atoms with van der Waals surface area (Å²) in [4.78, 5) is 31.0. The molecule has 2 heterocycles. The van der Waals surface area contributed by atoms with Crippen LogP contribution in [0.1, 0.15) is 27.0 Å². The minimum atomic E-state index is -0.521. The van der Waals surface area contributed by atoms with E-state index in [-0.39, 0.29) is 28.9 Å². The van der Waals surface area contributed by atoms with E-state index in [1.54, 1.807) is 43.3 Å². The lowest BCUT2D eigenvalue weighted by atomic mass is 9.99. The number of nitrogens with one attached hydrogen (secondary N) is 1. The maximum absolute atomic E-state index is 13.6. The topological polar surface area (TPSA) is 104 Å². The van der Waals surface area contributed by atoms with Crippen molar-refractivity contribution in [2.45, 2.75) is 6.92 Å². The van der Waals surface area contributed by atoms with Crippen LogP contribution in [0, 0.1) is 5.82 Å². The Morgan fingerprint density at radius 3 is 2.40 bits per heavy atom. The number of hydrogen-bond acceptors (Lipinski definition) is 7. The number of ether oxygens (including phenoxy) is 2. The molecular formula is C30H23ClFN3O4S. The van der Waals surface area contributed by atoms with Gasteiger partial charge in [0.15, 0.2) is 0 Å². The van der Waals surface area contributed by atoms with E-state index >= 15 is 0 Å². The molecule has 0 aliphatic carbocycles. The summed E-state index contributed by atoms with van der Waals surface area (Å²) in [6.07, 6.45) is 0. The molecule has 40 heavy (non-hydrogen) atoms. The van der Waals surface area contributed by atoms with Crippen molar-refractivity contribution in [2.24, 2.45) is 0 Å². The van der Waals surface area contributed by atoms with Crippen LogP contribution < -0.4 is 15.8 Å². The highest BCUT2D eigenvalue weighted by Gasteiger charge is 2.22. The summed E-state index contributed by atoms with van der Waals surface area (Å²) in [5, 5.41) is 3.88. The van der Waals surface area contributed by atoms with Gasteiger partial charge in [-0.2, -0.15) is 0 Å². The first-order chi connectivity index (χ1) is 19.3. The minimum absolute atomic E-state index is 0.210. The Labute approximate surface area is 238 Å². The van der Waals surface area contributed by atoms with Crippen LogP contribution in [-0.4, -0.2) is 30.6 Å². The number of rotatable bonds is 7. The number of hydrogen-bond donors (Lipinski definition) is 2. The summed E-state index contributed by atoms with van der Waals surface area (Å²) in [6.45, 7) is 1.93. The van der Waals surface area contributed by atoms with Crippen molar-refractivity contribution in [3.63, 3.8) is 0 Å². The maximum atomic E-state index is 13.6. The molecule has 0 aliphatic rings. The van der Waals surface area contributed by atoms with E-state index in [0.717, 1.165) is 22.5 Å². The van der Waals surface area contributed by atoms with Gasteiger partial charge in [-0.25, -0.2) is 14.2 Å². The quantitative estimate of drug-likeness (QED) is 0.195. The van der Waals surface area contributed by atoms with E-state index in [4.69, 9.17) is 31.8 Å². The molecule has 0 saturated carbocycles. The fourth-order valence-electron chi connectivity index (χ4n) is 4.25. The molecule has 0 spiro atoms. The van der Waals surface area contributed by atoms with E-state index in [0.29, 0.717) is 43.5 Å². The zero-order chi connectivity index (χ0) is 28.4. The Hall–Kier alpha value is -4.47. The lowest BCUT2D eigenvalue weighted by Gasteiger charge is -2.12. The SMILES string of the molecule is CCOC(=O)c1sc2nc(-c3ccc(F)cc3)cc(-c3ccc(NC(=O)c4cc(Cl)ccc4OC)cc3)c2c1N. The fraction of sp³-hybridized carbons (Fsp3) is 0.100. The summed E-state index contributed by atoms with van der Waals surface area (Å²) in [6, 6.07) is 19.8. The van der Waals surface area contributed by atoms with Gasteiger partial charge in [0.2, 0.25) is 0 Å². The molecule has 0 saturated heterocycles. The summed E-state index contributed by atoms with van der Waals surface area (Å²) >= 11 is 7.22. The Morgan fingerprint density at radius 2 is 1.73 bits per heavy atom. The molecule has 0 radical (unpaired) electrons. The van der Waals surface area contributed by atoms with Gasteiger partial charge in [0, 0.05) is 21.7 Å². The monoisotopic (exact) mass is 575 g/mol. The molecule has 202 valence electrons. The fourth-order valence-corrected chi connectivity index (χ4v) is 5.44. The first-order valence-corrected chi connectivity index (χ1v) is 13.4. The largest absolute Gasteiger partial charge is 0.496 e. The number of carbonyl (C=O) groups excluding carboxylic acids is 2. The number of methoxy groups -OCH3 is 1. The number of nitrogen functional groups attached to an aromatic ring is 1. The zero-order valence-corrected chi connectivity index (χ0v) is 23.0. The van der Waals surface area contributed by atoms with Crippen molar-refractivity contribution in [1.82, 2.24) is 4.98 Å². The number of anilines is 2. The molecule has 0 unspecified atom stereocenters. The number of fused-ring (bicyclic) bond motifs is 1. The third-order valence-electron chi connectivity index (χ3n) is 6.16. The van der Waals surface area contributed by atoms with Crippen LogP contribution in [0.2, 0.25) is 5.02 Å². The van der Waals surface area contributed by atoms with Gasteiger partial charge in [-0.1, -0.05) is 23.7 Å². The van der Waals surface area contributed by atoms with Crippen molar-refractivity contribution in [3.8, 4) is 28.1 Å². The van der Waals surface area contributed by atoms with E-state index in [1.807, 2.05) is 18.2 Å². The zero-order valence-electron chi connectivity index (χ0n) is 21.5. The van der Waals surface area contributed by atoms with Crippen LogP contribution in [0.3, 0.4) is 0 Å². The number of nitrogens with zero attached hydrogens (tertiary/aromatic N) is 1. The highest BCUT2D eigenvalue weighted by atomic mass is 35.5. The van der Waals surface area contributed by atoms with Gasteiger partial charge >= 0.3 is 5.97 Å². The summed E-state index contributed by atoms with van der Waals surface area (Å²) in [5.41, 5.74) is 10.4. The number of amides is 1. The van der Waals surface area contributed by atoms with Gasteiger partial charge in [-0.05, 0) is 78.7 Å². The Bertz CT molecular complexity index is 1740. The molecule has 0 aliphatic heterocycles.